The van der Waals surface area contributed by atoms with Crippen LogP contribution in [0, 0.1) is 17.8 Å². The average Bonchev–Trinajstić information content (AvgIpc) is 3.09. The van der Waals surface area contributed by atoms with Gasteiger partial charge in [-0.2, -0.15) is 5.10 Å². The molecule has 0 bridgehead atoms. The third-order valence-electron chi connectivity index (χ3n) is 3.61. The minimum absolute atomic E-state index is 0.244. The minimum atomic E-state index is -0.244. The predicted octanol–water partition coefficient (Wildman–Crippen LogP) is 3.66. The van der Waals surface area contributed by atoms with Gasteiger partial charge >= 0.3 is 0 Å². The summed E-state index contributed by atoms with van der Waals surface area (Å²) in [6.07, 6.45) is 2.57. The molecule has 0 aliphatic carbocycles. The number of carbonyl (C=O) groups excluding carboxylic acids is 1. The third-order valence-corrected chi connectivity index (χ3v) is 3.61. The van der Waals surface area contributed by atoms with Gasteiger partial charge in [0.15, 0.2) is 5.69 Å². The zero-order valence-electron chi connectivity index (χ0n) is 14.8. The van der Waals surface area contributed by atoms with Gasteiger partial charge in [0.2, 0.25) is 0 Å². The van der Waals surface area contributed by atoms with Crippen LogP contribution in [0.25, 0.3) is 0 Å². The van der Waals surface area contributed by atoms with Gasteiger partial charge in [-0.15, -0.1) is 0 Å². The number of rotatable bonds is 4. The minimum Gasteiger partial charge on any atom is -0.321 e. The van der Waals surface area contributed by atoms with Crippen molar-refractivity contribution < 1.29 is 4.79 Å². The molecule has 0 saturated carbocycles. The second-order valence-electron chi connectivity index (χ2n) is 6.38. The highest BCUT2D eigenvalue weighted by atomic mass is 16.1. The number of nitrogens with zero attached hydrogens (tertiary/aromatic N) is 2. The van der Waals surface area contributed by atoms with Crippen LogP contribution in [-0.4, -0.2) is 21.1 Å². The Morgan fingerprint density at radius 3 is 2.81 bits per heavy atom. The van der Waals surface area contributed by atoms with Gasteiger partial charge < -0.3 is 5.32 Å². The number of amides is 1. The number of hydrogen-bond donors (Lipinski definition) is 2. The van der Waals surface area contributed by atoms with E-state index in [0.29, 0.717) is 23.0 Å². The van der Waals surface area contributed by atoms with Gasteiger partial charge in [-0.05, 0) is 54.7 Å². The zero-order chi connectivity index (χ0) is 18.4. The Labute approximate surface area is 152 Å². The van der Waals surface area contributed by atoms with E-state index in [9.17, 15) is 4.79 Å². The number of H-pyrrole nitrogens is 1. The summed E-state index contributed by atoms with van der Waals surface area (Å²) in [5.41, 5.74) is 3.52. The second-order valence-corrected chi connectivity index (χ2v) is 6.38. The summed E-state index contributed by atoms with van der Waals surface area (Å²) in [6.45, 7) is 4.25. The molecule has 0 spiro atoms. The summed E-state index contributed by atoms with van der Waals surface area (Å²) in [5, 5.41) is 9.86. The second kappa shape index (κ2) is 8.13. The lowest BCUT2D eigenvalue weighted by Crippen LogP contribution is -2.12. The molecule has 0 aliphatic rings. The van der Waals surface area contributed by atoms with Crippen LogP contribution in [0.4, 0.5) is 5.69 Å². The van der Waals surface area contributed by atoms with Crippen LogP contribution in [0.1, 0.15) is 41.3 Å². The molecule has 5 nitrogen and oxygen atoms in total. The van der Waals surface area contributed by atoms with E-state index in [4.69, 9.17) is 0 Å². The van der Waals surface area contributed by atoms with E-state index < -0.39 is 0 Å². The first kappa shape index (κ1) is 17.4. The number of aromatic amines is 1. The van der Waals surface area contributed by atoms with Crippen LogP contribution in [-0.2, 0) is 6.42 Å². The fraction of sp³-hybridized carbons (Fsp3) is 0.190. The molecular weight excluding hydrogens is 324 g/mol. The molecule has 0 unspecified atom stereocenters. The summed E-state index contributed by atoms with van der Waals surface area (Å²) in [7, 11) is 0. The molecule has 3 rings (SSSR count). The maximum absolute atomic E-state index is 12.4. The largest absolute Gasteiger partial charge is 0.321 e. The van der Waals surface area contributed by atoms with E-state index in [0.717, 1.165) is 17.7 Å². The number of nitrogens with one attached hydrogen (secondary N) is 2. The van der Waals surface area contributed by atoms with E-state index in [1.54, 1.807) is 12.3 Å². The maximum atomic E-state index is 12.4. The van der Waals surface area contributed by atoms with Gasteiger partial charge in [-0.3, -0.25) is 9.89 Å². The Bertz CT molecular complexity index is 949. The van der Waals surface area contributed by atoms with Gasteiger partial charge in [0.05, 0.1) is 0 Å². The fourth-order valence-corrected chi connectivity index (χ4v) is 2.47. The van der Waals surface area contributed by atoms with Crippen molar-refractivity contribution in [3.63, 3.8) is 0 Å². The number of aromatic nitrogens is 3. The third kappa shape index (κ3) is 4.81. The first-order chi connectivity index (χ1) is 12.6. The molecule has 0 fully saturated rings. The Morgan fingerprint density at radius 2 is 2.04 bits per heavy atom. The van der Waals surface area contributed by atoms with E-state index in [1.807, 2.05) is 42.5 Å². The standard InChI is InChI=1S/C21H20N4O/c1-15(2)12-19-14-20(25-24-19)21(26)23-18-8-5-6-16(13-18)9-10-17-7-3-4-11-22-17/h3-8,11,13-15H,12H2,1-2H3,(H,23,26)(H,24,25). The molecule has 1 aromatic carbocycles. The van der Waals surface area contributed by atoms with Gasteiger partial charge in [-0.1, -0.05) is 31.9 Å². The summed E-state index contributed by atoms with van der Waals surface area (Å²) in [5.74, 6) is 6.31. The van der Waals surface area contributed by atoms with Crippen LogP contribution in [0.5, 0.6) is 0 Å². The van der Waals surface area contributed by atoms with Crippen molar-refractivity contribution in [2.45, 2.75) is 20.3 Å². The Kier molecular flexibility index (Phi) is 5.45. The Morgan fingerprint density at radius 1 is 1.15 bits per heavy atom. The molecule has 2 aromatic heterocycles. The number of carbonyl (C=O) groups is 1. The summed E-state index contributed by atoms with van der Waals surface area (Å²) in [4.78, 5) is 16.5. The first-order valence-electron chi connectivity index (χ1n) is 8.49. The number of anilines is 1. The molecule has 2 heterocycles. The number of pyridine rings is 1. The molecule has 0 saturated heterocycles. The topological polar surface area (TPSA) is 70.7 Å². The van der Waals surface area contributed by atoms with E-state index in [2.05, 4.69) is 46.2 Å². The van der Waals surface area contributed by atoms with E-state index in [1.165, 1.54) is 0 Å². The summed E-state index contributed by atoms with van der Waals surface area (Å²) in [6, 6.07) is 14.8. The Balaban J connectivity index is 1.69. The van der Waals surface area contributed by atoms with Crippen molar-refractivity contribution in [2.75, 3.05) is 5.32 Å². The van der Waals surface area contributed by atoms with Crippen molar-refractivity contribution in [2.24, 2.45) is 5.92 Å². The van der Waals surface area contributed by atoms with Crippen LogP contribution in [0.15, 0.2) is 54.7 Å². The average molecular weight is 344 g/mol. The van der Waals surface area contributed by atoms with Crippen molar-refractivity contribution in [1.29, 1.82) is 0 Å². The monoisotopic (exact) mass is 344 g/mol. The molecule has 26 heavy (non-hydrogen) atoms. The molecule has 130 valence electrons. The molecule has 2 N–H and O–H groups in total. The lowest BCUT2D eigenvalue weighted by atomic mass is 10.1. The fourth-order valence-electron chi connectivity index (χ4n) is 2.47. The molecule has 0 radical (unpaired) electrons. The van der Waals surface area contributed by atoms with Crippen LogP contribution >= 0.6 is 0 Å². The van der Waals surface area contributed by atoms with Crippen LogP contribution < -0.4 is 5.32 Å². The van der Waals surface area contributed by atoms with Gasteiger partial charge in [0.25, 0.3) is 5.91 Å². The van der Waals surface area contributed by atoms with Crippen LogP contribution in [0.3, 0.4) is 0 Å². The predicted molar refractivity (Wildman–Crippen MR) is 102 cm³/mol. The molecule has 5 heteroatoms. The maximum Gasteiger partial charge on any atom is 0.276 e. The van der Waals surface area contributed by atoms with E-state index >= 15 is 0 Å². The van der Waals surface area contributed by atoms with Crippen molar-refractivity contribution in [3.8, 4) is 11.8 Å². The lowest BCUT2D eigenvalue weighted by molar-refractivity contribution is 0.102. The molecule has 1 amide bonds. The molecule has 0 aliphatic heterocycles. The SMILES string of the molecule is CC(C)Cc1cc(C(=O)Nc2cccc(C#Cc3ccccn3)c2)n[nH]1. The number of benzene rings is 1. The first-order valence-corrected chi connectivity index (χ1v) is 8.49. The van der Waals surface area contributed by atoms with Gasteiger partial charge in [0.1, 0.15) is 5.69 Å². The highest BCUT2D eigenvalue weighted by Crippen LogP contribution is 2.13. The number of hydrogen-bond acceptors (Lipinski definition) is 3. The smallest absolute Gasteiger partial charge is 0.276 e. The molecule has 0 atom stereocenters. The molecular formula is C21H20N4O. The van der Waals surface area contributed by atoms with Crippen molar-refractivity contribution in [3.05, 3.63) is 77.4 Å². The summed E-state index contributed by atoms with van der Waals surface area (Å²) >= 11 is 0. The normalized spacial score (nSPS) is 10.3. The van der Waals surface area contributed by atoms with E-state index in [-0.39, 0.29) is 5.91 Å². The Hall–Kier alpha value is -3.39. The van der Waals surface area contributed by atoms with Crippen LogP contribution in [0.2, 0.25) is 0 Å². The van der Waals surface area contributed by atoms with Gasteiger partial charge in [0, 0.05) is 23.1 Å². The quantitative estimate of drug-likeness (QED) is 0.710. The highest BCUT2D eigenvalue weighted by molar-refractivity contribution is 6.02. The highest BCUT2D eigenvalue weighted by Gasteiger charge is 2.11. The summed E-state index contributed by atoms with van der Waals surface area (Å²) < 4.78 is 0. The van der Waals surface area contributed by atoms with Crippen molar-refractivity contribution in [1.82, 2.24) is 15.2 Å². The lowest BCUT2D eigenvalue weighted by Gasteiger charge is -2.03. The van der Waals surface area contributed by atoms with Crippen molar-refractivity contribution >= 4 is 11.6 Å². The zero-order valence-corrected chi connectivity index (χ0v) is 14.8. The van der Waals surface area contributed by atoms with Gasteiger partial charge in [-0.25, -0.2) is 4.98 Å². The molecule has 3 aromatic rings.